The van der Waals surface area contributed by atoms with E-state index in [1.54, 1.807) is 49.7 Å². The number of aryl methyl sites for hydroxylation is 1. The molecule has 23 heteroatoms. The van der Waals surface area contributed by atoms with Crippen molar-refractivity contribution in [2.24, 2.45) is 0 Å². The van der Waals surface area contributed by atoms with Crippen molar-refractivity contribution in [3.63, 3.8) is 0 Å². The molecular formula is C46H56BrN6O14PS. The van der Waals surface area contributed by atoms with Crippen LogP contribution in [0.5, 0.6) is 17.2 Å². The summed E-state index contributed by atoms with van der Waals surface area (Å²) in [4.78, 5) is 43.8. The zero-order chi connectivity index (χ0) is 49.4. The van der Waals surface area contributed by atoms with Gasteiger partial charge in [-0.15, -0.1) is 0 Å². The fourth-order valence-electron chi connectivity index (χ4n) is 6.04. The van der Waals surface area contributed by atoms with Gasteiger partial charge in [-0.3, -0.25) is 23.7 Å². The zero-order valence-corrected chi connectivity index (χ0v) is 41.9. The maximum absolute atomic E-state index is 13.7. The summed E-state index contributed by atoms with van der Waals surface area (Å²) in [5.74, 6) is 7.14. The molecule has 4 N–H and O–H groups in total. The first-order valence-electron chi connectivity index (χ1n) is 21.7. The highest BCUT2D eigenvalue weighted by molar-refractivity contribution is 9.10. The molecule has 0 radical (unpaired) electrons. The number of ether oxygens (including phenoxy) is 8. The van der Waals surface area contributed by atoms with Crippen LogP contribution in [0.4, 0.5) is 5.82 Å². The minimum absolute atomic E-state index is 0.00135. The number of pyridine rings is 1. The normalized spacial score (nSPS) is 15.3. The number of carbonyl (C=O) groups is 1. The Morgan fingerprint density at radius 1 is 0.957 bits per heavy atom. The second kappa shape index (κ2) is 28.9. The van der Waals surface area contributed by atoms with Crippen LogP contribution < -0.4 is 41.0 Å². The number of carbonyl (C=O) groups excluding carboxylic acids is 1. The first-order valence-corrected chi connectivity index (χ1v) is 24.4. The molecule has 4 aromatic rings. The van der Waals surface area contributed by atoms with Gasteiger partial charge in [0.05, 0.1) is 67.1 Å². The molecule has 69 heavy (non-hydrogen) atoms. The van der Waals surface area contributed by atoms with Gasteiger partial charge >= 0.3 is 19.4 Å². The third kappa shape index (κ3) is 19.1. The van der Waals surface area contributed by atoms with Gasteiger partial charge < -0.3 is 53.1 Å². The van der Waals surface area contributed by atoms with Crippen molar-refractivity contribution in [1.82, 2.24) is 24.9 Å². The average molecular weight is 1060 g/mol. The van der Waals surface area contributed by atoms with Crippen LogP contribution in [0.1, 0.15) is 29.8 Å². The fourth-order valence-corrected chi connectivity index (χ4v) is 7.98. The molecule has 0 spiro atoms. The Bertz CT molecular complexity index is 2540. The second-order valence-corrected chi connectivity index (χ2v) is 17.8. The summed E-state index contributed by atoms with van der Waals surface area (Å²) < 4.78 is 71.5. The Hall–Kier alpha value is -5.44. The third-order valence-corrected chi connectivity index (χ3v) is 11.9. The molecule has 4 atom stereocenters. The Balaban J connectivity index is 0.924. The first-order chi connectivity index (χ1) is 33.3. The highest BCUT2D eigenvalue weighted by Crippen LogP contribution is 2.45. The van der Waals surface area contributed by atoms with E-state index in [-0.39, 0.29) is 31.1 Å². The summed E-state index contributed by atoms with van der Waals surface area (Å²) in [6.07, 6.45) is 5.06. The average Bonchev–Trinajstić information content (AvgIpc) is 3.81. The summed E-state index contributed by atoms with van der Waals surface area (Å²) in [6.45, 7) is 6.38. The van der Waals surface area contributed by atoms with E-state index in [9.17, 15) is 18.9 Å². The van der Waals surface area contributed by atoms with Gasteiger partial charge in [0.2, 0.25) is 0 Å². The number of methoxy groups -OCH3 is 2. The molecule has 1 aliphatic rings. The molecule has 5 rings (SSSR count). The number of benzene rings is 2. The Labute approximate surface area is 413 Å². The van der Waals surface area contributed by atoms with Crippen LogP contribution in [0.2, 0.25) is 0 Å². The van der Waals surface area contributed by atoms with E-state index in [4.69, 9.17) is 59.2 Å². The molecular weight excluding hydrogens is 1000 g/mol. The zero-order valence-electron chi connectivity index (χ0n) is 38.6. The number of nitrogens with zero attached hydrogens (tertiary/aromatic N) is 2. The molecule has 0 saturated carbocycles. The third-order valence-electron chi connectivity index (χ3n) is 9.52. The van der Waals surface area contributed by atoms with Crippen LogP contribution >= 0.6 is 35.9 Å². The van der Waals surface area contributed by atoms with Gasteiger partial charge in [-0.25, -0.2) is 14.3 Å². The standard InChI is InChI=1S/C46H56BrN6O14PS/c1-32-7-10-37(11-8-32)67-68(57,52-33(2)44(55)59-4)65-31-39-13-16-42(66-39)53-30-35(43(54)51-46(53)56)6-5-19-60-20-21-61-22-23-62-24-25-63-26-27-64-40-14-12-38(58-3)28-34(40)17-18-48-45(69)50-41-15-9-36(47)29-49-41/h7-16,28-30,33,39,42H,17-27,31H2,1-4H3,(H,52,57)(H,51,54,56)(H2,48,49,50,69)/t33-,39-,42+,68?/m0/s1. The van der Waals surface area contributed by atoms with Gasteiger partial charge in [-0.2, -0.15) is 5.09 Å². The molecule has 0 aliphatic carbocycles. The van der Waals surface area contributed by atoms with Crippen molar-refractivity contribution >= 4 is 52.8 Å². The minimum atomic E-state index is -4.14. The van der Waals surface area contributed by atoms with Crippen LogP contribution in [-0.4, -0.2) is 125 Å². The van der Waals surface area contributed by atoms with Crippen LogP contribution in [0.3, 0.4) is 0 Å². The van der Waals surface area contributed by atoms with E-state index in [0.29, 0.717) is 70.1 Å². The van der Waals surface area contributed by atoms with E-state index in [2.05, 4.69) is 53.5 Å². The van der Waals surface area contributed by atoms with Crippen LogP contribution in [0, 0.1) is 18.8 Å². The van der Waals surface area contributed by atoms with Crippen molar-refractivity contribution in [3.8, 4) is 29.1 Å². The Morgan fingerprint density at radius 3 is 2.33 bits per heavy atom. The first kappa shape index (κ1) is 54.5. The molecule has 0 fully saturated rings. The van der Waals surface area contributed by atoms with Crippen molar-refractivity contribution in [1.29, 1.82) is 0 Å². The number of hydrogen-bond donors (Lipinski definition) is 4. The van der Waals surface area contributed by atoms with Crippen LogP contribution in [0.25, 0.3) is 0 Å². The number of anilines is 1. The smallest absolute Gasteiger partial charge is 0.459 e. The summed E-state index contributed by atoms with van der Waals surface area (Å²) >= 11 is 8.77. The number of aromatic nitrogens is 3. The van der Waals surface area contributed by atoms with Crippen LogP contribution in [-0.2, 0) is 48.7 Å². The number of thiocarbonyl (C=S) groups is 1. The maximum Gasteiger partial charge on any atom is 0.459 e. The topological polar surface area (TPSA) is 230 Å². The molecule has 2 aromatic heterocycles. The highest BCUT2D eigenvalue weighted by atomic mass is 79.9. The van der Waals surface area contributed by atoms with Crippen molar-refractivity contribution in [2.45, 2.75) is 38.6 Å². The van der Waals surface area contributed by atoms with E-state index < -0.39 is 43.3 Å². The highest BCUT2D eigenvalue weighted by Gasteiger charge is 2.34. The van der Waals surface area contributed by atoms with Gasteiger partial charge in [0.1, 0.15) is 54.0 Å². The number of halogens is 1. The van der Waals surface area contributed by atoms with Crippen molar-refractivity contribution < 1.29 is 56.3 Å². The lowest BCUT2D eigenvalue weighted by Crippen LogP contribution is -2.35. The number of rotatable bonds is 28. The summed E-state index contributed by atoms with van der Waals surface area (Å²) in [5.41, 5.74) is 0.513. The number of esters is 1. The van der Waals surface area contributed by atoms with Gasteiger partial charge in [0, 0.05) is 23.4 Å². The lowest BCUT2D eigenvalue weighted by Gasteiger charge is -2.24. The SMILES string of the molecule is COC(=O)[C@H](C)NP(=O)(OC[C@@H]1C=C[C@H](n2cc(C#CCOCCOCCOCCOCCOc3ccc(OC)cc3CCNC(=S)Nc3ccc(Br)cn3)c(=O)[nH]c2=O)O1)Oc1ccc(C)cc1. The summed E-state index contributed by atoms with van der Waals surface area (Å²) in [7, 11) is -1.32. The van der Waals surface area contributed by atoms with Crippen molar-refractivity contribution in [3.05, 3.63) is 121 Å². The van der Waals surface area contributed by atoms with Crippen molar-refractivity contribution in [2.75, 3.05) is 92.1 Å². The summed E-state index contributed by atoms with van der Waals surface area (Å²) in [6, 6.07) is 15.1. The number of aromatic amines is 1. The van der Waals surface area contributed by atoms with Gasteiger partial charge in [0.15, 0.2) is 11.3 Å². The quantitative estimate of drug-likeness (QED) is 0.0149. The molecule has 20 nitrogen and oxygen atoms in total. The number of H-pyrrole nitrogens is 1. The van der Waals surface area contributed by atoms with Gasteiger partial charge in [0.25, 0.3) is 5.56 Å². The van der Waals surface area contributed by atoms with E-state index in [1.807, 2.05) is 37.3 Å². The van der Waals surface area contributed by atoms with E-state index in [0.717, 1.165) is 31.7 Å². The summed E-state index contributed by atoms with van der Waals surface area (Å²) in [5, 5.41) is 9.29. The second-order valence-electron chi connectivity index (χ2n) is 14.7. The molecule has 372 valence electrons. The Kier molecular flexibility index (Phi) is 22.8. The predicted molar refractivity (Wildman–Crippen MR) is 263 cm³/mol. The molecule has 1 aliphatic heterocycles. The number of nitrogens with one attached hydrogen (secondary N) is 4. The maximum atomic E-state index is 13.7. The number of hydrogen-bond acceptors (Lipinski definition) is 16. The fraction of sp³-hybridized carbons (Fsp3) is 0.413. The molecule has 0 amide bonds. The van der Waals surface area contributed by atoms with Gasteiger partial charge in [-0.05, 0) is 103 Å². The molecule has 3 heterocycles. The van der Waals surface area contributed by atoms with E-state index >= 15 is 0 Å². The van der Waals surface area contributed by atoms with Crippen LogP contribution in [0.15, 0.2) is 93.2 Å². The molecule has 1 unspecified atom stereocenters. The minimum Gasteiger partial charge on any atom is -0.497 e. The molecule has 0 bridgehead atoms. The van der Waals surface area contributed by atoms with Gasteiger partial charge in [-0.1, -0.05) is 35.6 Å². The molecule has 0 saturated heterocycles. The predicted octanol–water partition coefficient (Wildman–Crippen LogP) is 4.85. The monoisotopic (exact) mass is 1060 g/mol. The largest absolute Gasteiger partial charge is 0.497 e. The Morgan fingerprint density at radius 2 is 1.65 bits per heavy atom. The lowest BCUT2D eigenvalue weighted by molar-refractivity contribution is -0.142. The lowest BCUT2D eigenvalue weighted by atomic mass is 10.1. The van der Waals surface area contributed by atoms with E-state index in [1.165, 1.54) is 20.2 Å². The molecule has 2 aromatic carbocycles.